The van der Waals surface area contributed by atoms with E-state index in [0.717, 1.165) is 6.42 Å². The summed E-state index contributed by atoms with van der Waals surface area (Å²) in [5.74, 6) is -0.985. The molecule has 1 aliphatic heterocycles. The normalized spacial score (nSPS) is 18.1. The Balaban J connectivity index is 2.07. The minimum absolute atomic E-state index is 0.0163. The van der Waals surface area contributed by atoms with Gasteiger partial charge in [0.25, 0.3) is 5.97 Å². The van der Waals surface area contributed by atoms with E-state index in [-0.39, 0.29) is 19.0 Å². The molecule has 0 N–H and O–H groups in total. The lowest BCUT2D eigenvalue weighted by Crippen LogP contribution is -2.46. The van der Waals surface area contributed by atoms with Crippen molar-refractivity contribution >= 4 is 5.78 Å². The SMILES string of the molecule is CCCCCCCCCCCC1(OCC)OCC(=O)CO1. The van der Waals surface area contributed by atoms with Crippen molar-refractivity contribution < 1.29 is 19.0 Å². The molecule has 0 aromatic carbocycles. The van der Waals surface area contributed by atoms with Gasteiger partial charge in [0.05, 0.1) is 0 Å². The van der Waals surface area contributed by atoms with Crippen molar-refractivity contribution in [2.45, 2.75) is 84.0 Å². The van der Waals surface area contributed by atoms with Crippen LogP contribution in [0.3, 0.4) is 0 Å². The molecular formula is C17H32O4. The average molecular weight is 300 g/mol. The van der Waals surface area contributed by atoms with Crippen molar-refractivity contribution in [1.82, 2.24) is 0 Å². The number of ketones is 1. The van der Waals surface area contributed by atoms with Gasteiger partial charge in [-0.2, -0.15) is 0 Å². The quantitative estimate of drug-likeness (QED) is 0.506. The van der Waals surface area contributed by atoms with Crippen LogP contribution >= 0.6 is 0 Å². The second-order valence-corrected chi connectivity index (χ2v) is 5.81. The summed E-state index contributed by atoms with van der Waals surface area (Å²) < 4.78 is 16.6. The minimum Gasteiger partial charge on any atom is -0.328 e. The number of carbonyl (C=O) groups is 1. The molecule has 1 fully saturated rings. The molecule has 0 aromatic heterocycles. The molecule has 0 atom stereocenters. The summed E-state index contributed by atoms with van der Waals surface area (Å²) in [4.78, 5) is 11.2. The Kier molecular flexibility index (Phi) is 9.89. The summed E-state index contributed by atoms with van der Waals surface area (Å²) in [5.41, 5.74) is 0. The van der Waals surface area contributed by atoms with Crippen LogP contribution in [0, 0.1) is 0 Å². The van der Waals surface area contributed by atoms with Crippen LogP contribution < -0.4 is 0 Å². The van der Waals surface area contributed by atoms with Gasteiger partial charge >= 0.3 is 0 Å². The first-order valence-corrected chi connectivity index (χ1v) is 8.66. The second-order valence-electron chi connectivity index (χ2n) is 5.81. The van der Waals surface area contributed by atoms with E-state index in [9.17, 15) is 4.79 Å². The Bertz CT molecular complexity index is 268. The molecule has 0 saturated carbocycles. The van der Waals surface area contributed by atoms with Crippen molar-refractivity contribution in [3.05, 3.63) is 0 Å². The van der Waals surface area contributed by atoms with Crippen molar-refractivity contribution in [3.63, 3.8) is 0 Å². The molecule has 0 unspecified atom stereocenters. The van der Waals surface area contributed by atoms with Gasteiger partial charge in [-0.05, 0) is 13.3 Å². The van der Waals surface area contributed by atoms with Gasteiger partial charge in [-0.3, -0.25) is 4.79 Å². The fraction of sp³-hybridized carbons (Fsp3) is 0.941. The van der Waals surface area contributed by atoms with E-state index in [1.54, 1.807) is 0 Å². The molecule has 1 heterocycles. The summed E-state index contributed by atoms with van der Waals surface area (Å²) in [6, 6.07) is 0. The zero-order chi connectivity index (χ0) is 15.4. The van der Waals surface area contributed by atoms with Gasteiger partial charge < -0.3 is 14.2 Å². The van der Waals surface area contributed by atoms with Gasteiger partial charge in [-0.25, -0.2) is 0 Å². The van der Waals surface area contributed by atoms with Gasteiger partial charge in [-0.1, -0.05) is 58.3 Å². The Morgan fingerprint density at radius 2 is 1.43 bits per heavy atom. The third-order valence-electron chi connectivity index (χ3n) is 3.86. The predicted molar refractivity (Wildman–Crippen MR) is 83.1 cm³/mol. The largest absolute Gasteiger partial charge is 0.328 e. The molecule has 21 heavy (non-hydrogen) atoms. The topological polar surface area (TPSA) is 44.8 Å². The van der Waals surface area contributed by atoms with Crippen LogP contribution in [0.4, 0.5) is 0 Å². The molecule has 0 bridgehead atoms. The van der Waals surface area contributed by atoms with Crippen LogP contribution in [0.25, 0.3) is 0 Å². The van der Waals surface area contributed by atoms with Gasteiger partial charge in [-0.15, -0.1) is 0 Å². The molecule has 1 aliphatic rings. The Morgan fingerprint density at radius 1 is 0.905 bits per heavy atom. The summed E-state index contributed by atoms with van der Waals surface area (Å²) >= 11 is 0. The number of unbranched alkanes of at least 4 members (excludes halogenated alkanes) is 8. The fourth-order valence-corrected chi connectivity index (χ4v) is 2.64. The molecule has 0 spiro atoms. The first-order valence-electron chi connectivity index (χ1n) is 8.66. The summed E-state index contributed by atoms with van der Waals surface area (Å²) in [6.07, 6.45) is 12.2. The van der Waals surface area contributed by atoms with E-state index < -0.39 is 5.97 Å². The van der Waals surface area contributed by atoms with E-state index >= 15 is 0 Å². The second kappa shape index (κ2) is 11.2. The number of ether oxygens (including phenoxy) is 3. The molecule has 0 aliphatic carbocycles. The van der Waals surface area contributed by atoms with E-state index in [2.05, 4.69) is 6.92 Å². The van der Waals surface area contributed by atoms with E-state index in [4.69, 9.17) is 14.2 Å². The smallest absolute Gasteiger partial charge is 0.283 e. The van der Waals surface area contributed by atoms with Crippen molar-refractivity contribution in [3.8, 4) is 0 Å². The minimum atomic E-state index is -0.968. The standard InChI is InChI=1S/C17H32O4/c1-3-5-6-7-8-9-10-11-12-13-17(19-4-2)20-14-16(18)15-21-17/h3-15H2,1-2H3. The van der Waals surface area contributed by atoms with Gasteiger partial charge in [0.15, 0.2) is 5.78 Å². The molecule has 0 aromatic rings. The van der Waals surface area contributed by atoms with E-state index in [0.29, 0.717) is 13.0 Å². The first kappa shape index (κ1) is 18.6. The zero-order valence-corrected chi connectivity index (χ0v) is 13.8. The molecule has 124 valence electrons. The molecule has 4 heteroatoms. The fourth-order valence-electron chi connectivity index (χ4n) is 2.64. The molecule has 0 radical (unpaired) electrons. The summed E-state index contributed by atoms with van der Waals surface area (Å²) in [6.45, 7) is 4.92. The molecule has 0 amide bonds. The first-order chi connectivity index (χ1) is 10.2. The predicted octanol–water partition coefficient (Wildman–Crippen LogP) is 4.21. The molecule has 1 rings (SSSR count). The van der Waals surface area contributed by atoms with Crippen LogP contribution in [0.15, 0.2) is 0 Å². The van der Waals surface area contributed by atoms with E-state index in [1.165, 1.54) is 51.4 Å². The zero-order valence-electron chi connectivity index (χ0n) is 13.8. The Morgan fingerprint density at radius 3 is 1.95 bits per heavy atom. The van der Waals surface area contributed by atoms with Crippen molar-refractivity contribution in [2.75, 3.05) is 19.8 Å². The molecule has 1 saturated heterocycles. The highest BCUT2D eigenvalue weighted by Gasteiger charge is 2.37. The molecule has 4 nitrogen and oxygen atoms in total. The monoisotopic (exact) mass is 300 g/mol. The maximum Gasteiger partial charge on any atom is 0.283 e. The Labute approximate surface area is 129 Å². The number of hydrogen-bond acceptors (Lipinski definition) is 4. The highest BCUT2D eigenvalue weighted by Crippen LogP contribution is 2.26. The lowest BCUT2D eigenvalue weighted by molar-refractivity contribution is -0.388. The van der Waals surface area contributed by atoms with Crippen LogP contribution in [0.5, 0.6) is 0 Å². The maximum absolute atomic E-state index is 11.2. The average Bonchev–Trinajstić information content (AvgIpc) is 2.49. The van der Waals surface area contributed by atoms with Gasteiger partial charge in [0.2, 0.25) is 0 Å². The summed E-state index contributed by atoms with van der Waals surface area (Å²) in [7, 11) is 0. The number of hydrogen-bond donors (Lipinski definition) is 0. The highest BCUT2D eigenvalue weighted by molar-refractivity contribution is 5.81. The Hall–Kier alpha value is -0.450. The lowest BCUT2D eigenvalue weighted by Gasteiger charge is -2.35. The third-order valence-corrected chi connectivity index (χ3v) is 3.86. The molecular weight excluding hydrogens is 268 g/mol. The maximum atomic E-state index is 11.2. The van der Waals surface area contributed by atoms with Crippen LogP contribution in [-0.2, 0) is 19.0 Å². The van der Waals surface area contributed by atoms with Crippen LogP contribution in [0.2, 0.25) is 0 Å². The van der Waals surface area contributed by atoms with Gasteiger partial charge in [0, 0.05) is 13.0 Å². The summed E-state index contributed by atoms with van der Waals surface area (Å²) in [5, 5.41) is 0. The number of rotatable bonds is 12. The highest BCUT2D eigenvalue weighted by atomic mass is 16.9. The third kappa shape index (κ3) is 7.93. The lowest BCUT2D eigenvalue weighted by atomic mass is 10.1. The van der Waals surface area contributed by atoms with Crippen LogP contribution in [0.1, 0.15) is 78.1 Å². The van der Waals surface area contributed by atoms with Crippen molar-refractivity contribution in [2.24, 2.45) is 0 Å². The van der Waals surface area contributed by atoms with Crippen molar-refractivity contribution in [1.29, 1.82) is 0 Å². The number of Topliss-reactive ketones (excluding diaryl/α,β-unsaturated/α-hetero) is 1. The van der Waals surface area contributed by atoms with Crippen LogP contribution in [-0.4, -0.2) is 31.6 Å². The number of carbonyl (C=O) groups excluding carboxylic acids is 1. The van der Waals surface area contributed by atoms with Gasteiger partial charge in [0.1, 0.15) is 13.2 Å². The van der Waals surface area contributed by atoms with E-state index in [1.807, 2.05) is 6.92 Å².